The summed E-state index contributed by atoms with van der Waals surface area (Å²) >= 11 is 0. The van der Waals surface area contributed by atoms with Crippen molar-refractivity contribution < 1.29 is 4.42 Å². The molecule has 1 aliphatic rings. The molecule has 0 saturated carbocycles. The quantitative estimate of drug-likeness (QED) is 0.170. The third-order valence-corrected chi connectivity index (χ3v) is 11.5. The molecule has 0 amide bonds. The number of hydrogen-bond acceptors (Lipinski definition) is 5. The van der Waals surface area contributed by atoms with Gasteiger partial charge < -0.3 is 9.32 Å². The summed E-state index contributed by atoms with van der Waals surface area (Å²) in [6.07, 6.45) is 0. The Morgan fingerprint density at radius 3 is 1.74 bits per heavy atom. The van der Waals surface area contributed by atoms with Crippen molar-refractivity contribution in [1.29, 1.82) is 0 Å². The molecule has 0 aliphatic heterocycles. The molecule has 1 aliphatic carbocycles. The number of nitrogens with zero attached hydrogens (tertiary/aromatic N) is 4. The number of benzene rings is 8. The van der Waals surface area contributed by atoms with Gasteiger partial charge in [0.2, 0.25) is 0 Å². The number of furan rings is 1. The predicted molar refractivity (Wildman–Crippen MR) is 233 cm³/mol. The molecule has 0 fully saturated rings. The van der Waals surface area contributed by atoms with Crippen LogP contribution >= 0.6 is 0 Å². The number of aromatic nitrogens is 3. The zero-order valence-electron chi connectivity index (χ0n) is 31.5. The van der Waals surface area contributed by atoms with Gasteiger partial charge in [-0.25, -0.2) is 15.0 Å². The van der Waals surface area contributed by atoms with E-state index in [2.05, 4.69) is 170 Å². The van der Waals surface area contributed by atoms with Crippen LogP contribution in [0.5, 0.6) is 0 Å². The molecule has 0 bridgehead atoms. The standard InChI is InChI=1S/C52H36N4O/c1-52(2)42-27-15-14-23-37(42)38-30-29-34(31-43(38)52)50-53-49(33-17-6-3-7-18-33)54-51(55-50)41-26-16-28-45-48(41)47-40-25-13-12-24-39(40)44(32-46(47)57-45)56(35-19-8-4-9-20-35)36-21-10-5-11-22-36/h3-32H,1-2H3. The van der Waals surface area contributed by atoms with E-state index < -0.39 is 0 Å². The first-order chi connectivity index (χ1) is 28.0. The van der Waals surface area contributed by atoms with Crippen molar-refractivity contribution in [2.75, 3.05) is 4.90 Å². The number of fused-ring (bicyclic) bond motifs is 8. The topological polar surface area (TPSA) is 55.1 Å². The second kappa shape index (κ2) is 12.9. The van der Waals surface area contributed by atoms with E-state index in [4.69, 9.17) is 19.4 Å². The SMILES string of the molecule is CC1(C)c2ccccc2-c2ccc(-c3nc(-c4ccccc4)nc(-c4cccc5oc6cc(N(c7ccccc7)c7ccccc7)c7ccccc7c6c45)n3)cc21. The Bertz CT molecular complexity index is 3110. The molecule has 5 heteroatoms. The molecule has 57 heavy (non-hydrogen) atoms. The zero-order valence-corrected chi connectivity index (χ0v) is 31.5. The first kappa shape index (κ1) is 33.0. The highest BCUT2D eigenvalue weighted by atomic mass is 16.3. The molecule has 11 rings (SSSR count). The maximum atomic E-state index is 6.82. The van der Waals surface area contributed by atoms with Crippen molar-refractivity contribution in [3.63, 3.8) is 0 Å². The van der Waals surface area contributed by atoms with Gasteiger partial charge in [-0.05, 0) is 64.0 Å². The van der Waals surface area contributed by atoms with E-state index in [1.807, 2.05) is 30.3 Å². The van der Waals surface area contributed by atoms with E-state index in [-0.39, 0.29) is 5.41 Å². The van der Waals surface area contributed by atoms with Crippen LogP contribution < -0.4 is 4.90 Å². The third-order valence-electron chi connectivity index (χ3n) is 11.5. The van der Waals surface area contributed by atoms with Crippen LogP contribution in [0, 0.1) is 0 Å². The summed E-state index contributed by atoms with van der Waals surface area (Å²) < 4.78 is 6.82. The maximum absolute atomic E-state index is 6.82. The van der Waals surface area contributed by atoms with Crippen LogP contribution in [0.2, 0.25) is 0 Å². The zero-order chi connectivity index (χ0) is 38.1. The van der Waals surface area contributed by atoms with Crippen LogP contribution in [0.15, 0.2) is 186 Å². The van der Waals surface area contributed by atoms with Crippen molar-refractivity contribution in [2.24, 2.45) is 0 Å². The van der Waals surface area contributed by atoms with Crippen molar-refractivity contribution in [1.82, 2.24) is 15.0 Å². The first-order valence-corrected chi connectivity index (χ1v) is 19.4. The van der Waals surface area contributed by atoms with Crippen molar-refractivity contribution >= 4 is 49.8 Å². The molecular weight excluding hydrogens is 697 g/mol. The van der Waals surface area contributed by atoms with E-state index in [9.17, 15) is 0 Å². The minimum Gasteiger partial charge on any atom is -0.456 e. The van der Waals surface area contributed by atoms with Gasteiger partial charge in [0.1, 0.15) is 11.2 Å². The fourth-order valence-corrected chi connectivity index (χ4v) is 8.80. The molecule has 0 saturated heterocycles. The Morgan fingerprint density at radius 1 is 0.421 bits per heavy atom. The Morgan fingerprint density at radius 2 is 1.00 bits per heavy atom. The summed E-state index contributed by atoms with van der Waals surface area (Å²) in [6, 6.07) is 63.5. The molecule has 0 unspecified atom stereocenters. The molecule has 5 nitrogen and oxygen atoms in total. The van der Waals surface area contributed by atoms with E-state index >= 15 is 0 Å². The molecule has 10 aromatic rings. The molecule has 0 spiro atoms. The first-order valence-electron chi connectivity index (χ1n) is 19.4. The predicted octanol–water partition coefficient (Wildman–Crippen LogP) is 13.7. The molecule has 0 radical (unpaired) electrons. The van der Waals surface area contributed by atoms with Gasteiger partial charge in [-0.1, -0.05) is 153 Å². The summed E-state index contributed by atoms with van der Waals surface area (Å²) in [7, 11) is 0. The van der Waals surface area contributed by atoms with Crippen LogP contribution in [-0.4, -0.2) is 15.0 Å². The molecule has 270 valence electrons. The lowest BCUT2D eigenvalue weighted by Crippen LogP contribution is -2.15. The number of para-hydroxylation sites is 2. The van der Waals surface area contributed by atoms with E-state index in [0.29, 0.717) is 17.5 Å². The minimum absolute atomic E-state index is 0.155. The third kappa shape index (κ3) is 5.27. The molecule has 0 N–H and O–H groups in total. The summed E-state index contributed by atoms with van der Waals surface area (Å²) in [5.41, 5.74) is 12.5. The summed E-state index contributed by atoms with van der Waals surface area (Å²) in [5.74, 6) is 1.85. The van der Waals surface area contributed by atoms with Crippen LogP contribution in [0.3, 0.4) is 0 Å². The van der Waals surface area contributed by atoms with Gasteiger partial charge in [-0.15, -0.1) is 0 Å². The second-order valence-electron chi connectivity index (χ2n) is 15.2. The average Bonchev–Trinajstić information content (AvgIpc) is 3.76. The highest BCUT2D eigenvalue weighted by Gasteiger charge is 2.35. The molecule has 0 atom stereocenters. The second-order valence-corrected chi connectivity index (χ2v) is 15.2. The summed E-state index contributed by atoms with van der Waals surface area (Å²) in [6.45, 7) is 4.60. The smallest absolute Gasteiger partial charge is 0.164 e. The average molecular weight is 733 g/mol. The largest absolute Gasteiger partial charge is 0.456 e. The Balaban J connectivity index is 1.14. The molecule has 8 aromatic carbocycles. The highest BCUT2D eigenvalue weighted by Crippen LogP contribution is 2.50. The van der Waals surface area contributed by atoms with Crippen LogP contribution in [0.25, 0.3) is 78.0 Å². The van der Waals surface area contributed by atoms with Crippen LogP contribution in [-0.2, 0) is 5.41 Å². The number of anilines is 3. The van der Waals surface area contributed by atoms with Gasteiger partial charge in [-0.2, -0.15) is 0 Å². The maximum Gasteiger partial charge on any atom is 0.164 e. The fraction of sp³-hybridized carbons (Fsp3) is 0.0577. The van der Waals surface area contributed by atoms with Gasteiger partial charge in [0.05, 0.1) is 5.69 Å². The Labute approximate surface area is 330 Å². The lowest BCUT2D eigenvalue weighted by molar-refractivity contribution is 0.660. The van der Waals surface area contributed by atoms with Crippen molar-refractivity contribution in [2.45, 2.75) is 19.3 Å². The normalized spacial score (nSPS) is 12.9. The van der Waals surface area contributed by atoms with Crippen LogP contribution in [0.4, 0.5) is 17.1 Å². The Kier molecular flexibility index (Phi) is 7.45. The lowest BCUT2D eigenvalue weighted by Gasteiger charge is -2.27. The number of rotatable bonds is 6. The van der Waals surface area contributed by atoms with Crippen molar-refractivity contribution in [3.8, 4) is 45.3 Å². The van der Waals surface area contributed by atoms with Gasteiger partial charge >= 0.3 is 0 Å². The minimum atomic E-state index is -0.155. The molecular formula is C52H36N4O. The van der Waals surface area contributed by atoms with Gasteiger partial charge in [-0.3, -0.25) is 0 Å². The van der Waals surface area contributed by atoms with Crippen molar-refractivity contribution in [3.05, 3.63) is 193 Å². The summed E-state index contributed by atoms with van der Waals surface area (Å²) in [4.78, 5) is 17.9. The van der Waals surface area contributed by atoms with E-state index in [0.717, 1.165) is 66.5 Å². The lowest BCUT2D eigenvalue weighted by atomic mass is 9.82. The van der Waals surface area contributed by atoms with E-state index in [1.165, 1.54) is 22.3 Å². The van der Waals surface area contributed by atoms with Gasteiger partial charge in [0.25, 0.3) is 0 Å². The monoisotopic (exact) mass is 732 g/mol. The van der Waals surface area contributed by atoms with Gasteiger partial charge in [0.15, 0.2) is 17.5 Å². The fourth-order valence-electron chi connectivity index (χ4n) is 8.80. The van der Waals surface area contributed by atoms with Crippen LogP contribution in [0.1, 0.15) is 25.0 Å². The molecule has 2 aromatic heterocycles. The highest BCUT2D eigenvalue weighted by molar-refractivity contribution is 6.25. The van der Waals surface area contributed by atoms with Gasteiger partial charge in [0, 0.05) is 55.7 Å². The van der Waals surface area contributed by atoms with E-state index in [1.54, 1.807) is 0 Å². The summed E-state index contributed by atoms with van der Waals surface area (Å²) in [5, 5.41) is 4.20. The number of hydrogen-bond donors (Lipinski definition) is 0. The Hall–Kier alpha value is -7.37. The molecule has 2 heterocycles.